The summed E-state index contributed by atoms with van der Waals surface area (Å²) in [6.45, 7) is 4.33. The Morgan fingerprint density at radius 2 is 1.77 bits per heavy atom. The van der Waals surface area contributed by atoms with Crippen LogP contribution in [0.2, 0.25) is 0 Å². The van der Waals surface area contributed by atoms with E-state index in [9.17, 15) is 4.79 Å². The minimum atomic E-state index is -0.889. The molecule has 0 spiro atoms. The van der Waals surface area contributed by atoms with Gasteiger partial charge in [0.05, 0.1) is 0 Å². The van der Waals surface area contributed by atoms with Crippen LogP contribution in [-0.4, -0.2) is 17.1 Å². The van der Waals surface area contributed by atoms with E-state index < -0.39 is 12.0 Å². The van der Waals surface area contributed by atoms with Gasteiger partial charge < -0.3 is 10.8 Å². The quantitative estimate of drug-likeness (QED) is 0.658. The van der Waals surface area contributed by atoms with E-state index in [0.717, 1.165) is 19.3 Å². The molecule has 4 heteroatoms. The van der Waals surface area contributed by atoms with Gasteiger partial charge in [-0.15, -0.1) is 12.4 Å². The third-order valence-corrected chi connectivity index (χ3v) is 1.86. The average Bonchev–Trinajstić information content (AvgIpc) is 1.97. The lowest BCUT2D eigenvalue weighted by atomic mass is 10.0. The molecule has 0 unspecified atom stereocenters. The molecular formula is C9H20ClNO2. The number of hydrogen-bond acceptors (Lipinski definition) is 2. The second-order valence-corrected chi connectivity index (χ2v) is 3.62. The van der Waals surface area contributed by atoms with Crippen molar-refractivity contribution in [3.63, 3.8) is 0 Å². The summed E-state index contributed by atoms with van der Waals surface area (Å²) in [7, 11) is 0. The topological polar surface area (TPSA) is 63.3 Å². The van der Waals surface area contributed by atoms with E-state index in [0.29, 0.717) is 12.3 Å². The van der Waals surface area contributed by atoms with Crippen molar-refractivity contribution in [2.45, 2.75) is 45.6 Å². The van der Waals surface area contributed by atoms with Gasteiger partial charge in [-0.05, 0) is 12.3 Å². The first-order valence-electron chi connectivity index (χ1n) is 4.52. The van der Waals surface area contributed by atoms with E-state index in [-0.39, 0.29) is 12.4 Å². The molecule has 0 aromatic heterocycles. The maximum Gasteiger partial charge on any atom is 0.320 e. The molecule has 3 N–H and O–H groups in total. The van der Waals surface area contributed by atoms with E-state index in [2.05, 4.69) is 13.8 Å². The van der Waals surface area contributed by atoms with Crippen LogP contribution in [0, 0.1) is 5.92 Å². The van der Waals surface area contributed by atoms with Crippen LogP contribution in [0.15, 0.2) is 0 Å². The Labute approximate surface area is 86.1 Å². The molecule has 0 rings (SSSR count). The summed E-state index contributed by atoms with van der Waals surface area (Å²) in [5.74, 6) is -0.189. The van der Waals surface area contributed by atoms with E-state index in [1.54, 1.807) is 0 Å². The van der Waals surface area contributed by atoms with Crippen LogP contribution in [0.4, 0.5) is 0 Å². The maximum atomic E-state index is 10.3. The van der Waals surface area contributed by atoms with Crippen molar-refractivity contribution in [2.75, 3.05) is 0 Å². The highest BCUT2D eigenvalue weighted by Gasteiger charge is 2.09. The highest BCUT2D eigenvalue weighted by atomic mass is 35.5. The first-order chi connectivity index (χ1) is 5.54. The minimum Gasteiger partial charge on any atom is -0.480 e. The Morgan fingerprint density at radius 3 is 2.15 bits per heavy atom. The molecule has 0 heterocycles. The standard InChI is InChI=1S/C9H19NO2.ClH/c1-7(2)5-3-4-6-8(10)9(11)12;/h7-8H,3-6,10H2,1-2H3,(H,11,12);1H/t8-;/m1./s1. The Balaban J connectivity index is 0. The highest BCUT2D eigenvalue weighted by molar-refractivity contribution is 5.85. The van der Waals surface area contributed by atoms with Crippen molar-refractivity contribution >= 4 is 18.4 Å². The van der Waals surface area contributed by atoms with E-state index in [1.165, 1.54) is 0 Å². The van der Waals surface area contributed by atoms with Gasteiger partial charge in [-0.1, -0.05) is 33.1 Å². The molecule has 0 aliphatic heterocycles. The smallest absolute Gasteiger partial charge is 0.320 e. The largest absolute Gasteiger partial charge is 0.480 e. The number of carboxylic acid groups (broad SMARTS) is 1. The van der Waals surface area contributed by atoms with Gasteiger partial charge in [-0.25, -0.2) is 0 Å². The summed E-state index contributed by atoms with van der Waals surface area (Å²) in [4.78, 5) is 10.3. The zero-order chi connectivity index (χ0) is 9.56. The van der Waals surface area contributed by atoms with Crippen molar-refractivity contribution in [3.8, 4) is 0 Å². The van der Waals surface area contributed by atoms with Crippen LogP contribution < -0.4 is 5.73 Å². The lowest BCUT2D eigenvalue weighted by Gasteiger charge is -2.06. The van der Waals surface area contributed by atoms with E-state index in [1.807, 2.05) is 0 Å². The molecule has 80 valence electrons. The lowest BCUT2D eigenvalue weighted by molar-refractivity contribution is -0.138. The van der Waals surface area contributed by atoms with Crippen LogP contribution >= 0.6 is 12.4 Å². The number of halogens is 1. The average molecular weight is 210 g/mol. The predicted octanol–water partition coefficient (Wildman–Crippen LogP) is 2.04. The Kier molecular flexibility index (Phi) is 9.74. The van der Waals surface area contributed by atoms with Crippen molar-refractivity contribution in [1.29, 1.82) is 0 Å². The summed E-state index contributed by atoms with van der Waals surface area (Å²) in [5.41, 5.74) is 5.33. The van der Waals surface area contributed by atoms with E-state index in [4.69, 9.17) is 10.8 Å². The van der Waals surface area contributed by atoms with Crippen molar-refractivity contribution < 1.29 is 9.90 Å². The molecule has 3 nitrogen and oxygen atoms in total. The molecule has 0 saturated heterocycles. The molecule has 0 bridgehead atoms. The third-order valence-electron chi connectivity index (χ3n) is 1.86. The molecule has 0 aromatic carbocycles. The zero-order valence-electron chi connectivity index (χ0n) is 8.32. The fourth-order valence-corrected chi connectivity index (χ4v) is 1.04. The van der Waals surface area contributed by atoms with Crippen LogP contribution in [0.3, 0.4) is 0 Å². The van der Waals surface area contributed by atoms with Gasteiger partial charge in [0.1, 0.15) is 6.04 Å². The number of rotatable bonds is 6. The van der Waals surface area contributed by atoms with Gasteiger partial charge in [-0.3, -0.25) is 4.79 Å². The third kappa shape index (κ3) is 9.64. The molecule has 0 amide bonds. The summed E-state index contributed by atoms with van der Waals surface area (Å²) >= 11 is 0. The van der Waals surface area contributed by atoms with Gasteiger partial charge in [0.15, 0.2) is 0 Å². The molecule has 0 aliphatic rings. The highest BCUT2D eigenvalue weighted by Crippen LogP contribution is 2.08. The van der Waals surface area contributed by atoms with Crippen molar-refractivity contribution in [1.82, 2.24) is 0 Å². The van der Waals surface area contributed by atoms with Crippen LogP contribution in [0.5, 0.6) is 0 Å². The number of unbranched alkanes of at least 4 members (excludes halogenated alkanes) is 1. The molecule has 0 aromatic rings. The predicted molar refractivity (Wildman–Crippen MR) is 56.2 cm³/mol. The first kappa shape index (κ1) is 15.2. The minimum absolute atomic E-state index is 0. The fraction of sp³-hybridized carbons (Fsp3) is 0.889. The summed E-state index contributed by atoms with van der Waals surface area (Å²) < 4.78 is 0. The maximum absolute atomic E-state index is 10.3. The van der Waals surface area contributed by atoms with Gasteiger partial charge in [-0.2, -0.15) is 0 Å². The van der Waals surface area contributed by atoms with Crippen LogP contribution in [-0.2, 0) is 4.79 Å². The Bertz CT molecular complexity index is 140. The summed E-state index contributed by atoms with van der Waals surface area (Å²) in [6.07, 6.45) is 3.76. The second-order valence-electron chi connectivity index (χ2n) is 3.62. The van der Waals surface area contributed by atoms with Crippen molar-refractivity contribution in [3.05, 3.63) is 0 Å². The first-order valence-corrected chi connectivity index (χ1v) is 4.52. The molecule has 13 heavy (non-hydrogen) atoms. The molecule has 0 aliphatic carbocycles. The molecule has 1 atom stereocenters. The van der Waals surface area contributed by atoms with Crippen LogP contribution in [0.1, 0.15) is 39.5 Å². The lowest BCUT2D eigenvalue weighted by Crippen LogP contribution is -2.29. The number of hydrogen-bond donors (Lipinski definition) is 2. The number of aliphatic carboxylic acids is 1. The molecular weight excluding hydrogens is 190 g/mol. The summed E-state index contributed by atoms with van der Waals surface area (Å²) in [6, 6.07) is -0.669. The van der Waals surface area contributed by atoms with Gasteiger partial charge in [0, 0.05) is 0 Å². The Morgan fingerprint density at radius 1 is 1.31 bits per heavy atom. The fourth-order valence-electron chi connectivity index (χ4n) is 1.04. The number of carboxylic acids is 1. The molecule has 0 saturated carbocycles. The van der Waals surface area contributed by atoms with Gasteiger partial charge in [0.2, 0.25) is 0 Å². The second kappa shape index (κ2) is 8.32. The normalized spacial score (nSPS) is 12.3. The van der Waals surface area contributed by atoms with Gasteiger partial charge in [0.25, 0.3) is 0 Å². The van der Waals surface area contributed by atoms with Gasteiger partial charge >= 0.3 is 5.97 Å². The van der Waals surface area contributed by atoms with E-state index >= 15 is 0 Å². The van der Waals surface area contributed by atoms with Crippen molar-refractivity contribution in [2.24, 2.45) is 11.7 Å². The molecule has 0 fully saturated rings. The van der Waals surface area contributed by atoms with Crippen LogP contribution in [0.25, 0.3) is 0 Å². The monoisotopic (exact) mass is 209 g/mol. The molecule has 0 radical (unpaired) electrons. The summed E-state index contributed by atoms with van der Waals surface area (Å²) in [5, 5.41) is 8.47. The SMILES string of the molecule is CC(C)CCCC[C@@H](N)C(=O)O.Cl. The number of carbonyl (C=O) groups is 1. The Hall–Kier alpha value is -0.280. The number of nitrogens with two attached hydrogens (primary N) is 1. The zero-order valence-corrected chi connectivity index (χ0v) is 9.14.